The summed E-state index contributed by atoms with van der Waals surface area (Å²) in [6.07, 6.45) is 0. The van der Waals surface area contributed by atoms with Gasteiger partial charge in [0.05, 0.1) is 0 Å². The number of rotatable bonds is 6. The van der Waals surface area contributed by atoms with Crippen LogP contribution in [0, 0.1) is 0 Å². The molecule has 0 N–H and O–H groups in total. The lowest BCUT2D eigenvalue weighted by atomic mass is 10.2. The maximum Gasteiger partial charge on any atom is 0.364 e. The number of carbonyl (C=O) groups excluding carboxylic acids is 1. The van der Waals surface area contributed by atoms with Crippen LogP contribution in [0.3, 0.4) is 0 Å². The Morgan fingerprint density at radius 2 is 1.48 bits per heavy atom. The molecule has 122 valence electrons. The molecule has 0 radical (unpaired) electrons. The third-order valence-electron chi connectivity index (χ3n) is 1.70. The molecule has 0 aromatic carbocycles. The molecule has 0 aromatic rings. The highest BCUT2D eigenvalue weighted by Crippen LogP contribution is 2.15. The van der Waals surface area contributed by atoms with Gasteiger partial charge in [0.2, 0.25) is 14.0 Å². The minimum absolute atomic E-state index is 0.00905. The van der Waals surface area contributed by atoms with Gasteiger partial charge in [-0.1, -0.05) is 11.7 Å². The Morgan fingerprint density at radius 3 is 1.81 bits per heavy atom. The van der Waals surface area contributed by atoms with Crippen molar-refractivity contribution in [1.29, 1.82) is 0 Å². The molecule has 0 saturated carbocycles. The molecule has 0 aromatic heterocycles. The molecule has 0 aliphatic carbocycles. The Bertz CT molecular complexity index is 396. The van der Waals surface area contributed by atoms with E-state index in [1.807, 2.05) is 39.3 Å². The van der Waals surface area contributed by atoms with E-state index in [4.69, 9.17) is 13.7 Å². The van der Waals surface area contributed by atoms with E-state index in [-0.39, 0.29) is 11.5 Å². The van der Waals surface area contributed by atoms with Crippen LogP contribution in [0.15, 0.2) is 17.5 Å². The molecule has 0 fully saturated rings. The molecule has 5 nitrogen and oxygen atoms in total. The maximum absolute atomic E-state index is 12.3. The van der Waals surface area contributed by atoms with Crippen molar-refractivity contribution in [3.8, 4) is 0 Å². The second-order valence-electron chi connectivity index (χ2n) is 7.78. The number of esters is 1. The summed E-state index contributed by atoms with van der Waals surface area (Å²) >= 11 is 0. The van der Waals surface area contributed by atoms with Crippen molar-refractivity contribution in [2.24, 2.45) is 5.16 Å². The van der Waals surface area contributed by atoms with E-state index in [9.17, 15) is 4.79 Å². The summed E-state index contributed by atoms with van der Waals surface area (Å²) in [5, 5.41) is 3.96. The molecule has 0 aliphatic rings. The minimum Gasteiger partial charge on any atom is -0.543 e. The van der Waals surface area contributed by atoms with Gasteiger partial charge in [-0.15, -0.1) is 0 Å². The lowest BCUT2D eigenvalue weighted by molar-refractivity contribution is -0.146. The molecular formula is C14H29NO4Si2. The molecule has 0 rings (SSSR count). The molecule has 0 saturated heterocycles. The quantitative estimate of drug-likeness (QED) is 0.243. The van der Waals surface area contributed by atoms with Gasteiger partial charge in [-0.25, -0.2) is 4.79 Å². The van der Waals surface area contributed by atoms with Gasteiger partial charge in [0, 0.05) is 0 Å². The molecule has 0 heterocycles. The van der Waals surface area contributed by atoms with E-state index in [0.29, 0.717) is 0 Å². The summed E-state index contributed by atoms with van der Waals surface area (Å²) in [5.74, 6) is -0.370. The molecule has 0 unspecified atom stereocenters. The Morgan fingerprint density at radius 1 is 1.00 bits per heavy atom. The van der Waals surface area contributed by atoms with Gasteiger partial charge in [-0.2, -0.15) is 0 Å². The lowest BCUT2D eigenvalue weighted by Gasteiger charge is -2.24. The Hall–Kier alpha value is -1.09. The van der Waals surface area contributed by atoms with Crippen molar-refractivity contribution in [2.75, 3.05) is 0 Å². The zero-order valence-electron chi connectivity index (χ0n) is 14.8. The first-order valence-corrected chi connectivity index (χ1v) is 13.8. The standard InChI is InChI=1S/C14H29NO4Si2/c1-11(18-20(5,6)7)12(15-19-21(8,9)10)13(16)17-14(2,3)4/h1H2,2-10H3/b15-12-. The first-order chi connectivity index (χ1) is 9.11. The first kappa shape index (κ1) is 19.9. The second kappa shape index (κ2) is 6.78. The predicted molar refractivity (Wildman–Crippen MR) is 91.3 cm³/mol. The van der Waals surface area contributed by atoms with Crippen LogP contribution in [-0.2, 0) is 18.5 Å². The van der Waals surface area contributed by atoms with E-state index >= 15 is 0 Å². The summed E-state index contributed by atoms with van der Waals surface area (Å²) in [6, 6.07) is 0. The summed E-state index contributed by atoms with van der Waals surface area (Å²) < 4.78 is 16.6. The topological polar surface area (TPSA) is 57.1 Å². The van der Waals surface area contributed by atoms with Crippen molar-refractivity contribution >= 4 is 28.3 Å². The Labute approximate surface area is 130 Å². The zero-order valence-corrected chi connectivity index (χ0v) is 16.8. The summed E-state index contributed by atoms with van der Waals surface area (Å²) in [5.41, 5.74) is -0.606. The van der Waals surface area contributed by atoms with E-state index in [2.05, 4.69) is 11.7 Å². The third kappa shape index (κ3) is 10.3. The van der Waals surface area contributed by atoms with Crippen LogP contribution in [0.2, 0.25) is 39.3 Å². The monoisotopic (exact) mass is 331 g/mol. The van der Waals surface area contributed by atoms with Gasteiger partial charge in [0.15, 0.2) is 0 Å². The Kier molecular flexibility index (Phi) is 6.43. The predicted octanol–water partition coefficient (Wildman–Crippen LogP) is 3.90. The fraction of sp³-hybridized carbons (Fsp3) is 0.714. The molecule has 0 amide bonds. The highest BCUT2D eigenvalue weighted by molar-refractivity contribution is 6.71. The van der Waals surface area contributed by atoms with Gasteiger partial charge in [-0.05, 0) is 60.1 Å². The van der Waals surface area contributed by atoms with E-state index in [1.54, 1.807) is 20.8 Å². The van der Waals surface area contributed by atoms with E-state index in [0.717, 1.165) is 0 Å². The number of ether oxygens (including phenoxy) is 1. The molecule has 0 spiro atoms. The Balaban J connectivity index is 5.29. The number of carbonyl (C=O) groups is 1. The van der Waals surface area contributed by atoms with Crippen molar-refractivity contribution in [1.82, 2.24) is 0 Å². The molecular weight excluding hydrogens is 302 g/mol. The first-order valence-electron chi connectivity index (χ1n) is 6.98. The fourth-order valence-corrected chi connectivity index (χ4v) is 2.33. The van der Waals surface area contributed by atoms with E-state index < -0.39 is 28.2 Å². The highest BCUT2D eigenvalue weighted by Gasteiger charge is 2.29. The average molecular weight is 332 g/mol. The van der Waals surface area contributed by atoms with Crippen molar-refractivity contribution in [2.45, 2.75) is 65.7 Å². The molecule has 0 atom stereocenters. The van der Waals surface area contributed by atoms with Crippen LogP contribution in [0.1, 0.15) is 20.8 Å². The van der Waals surface area contributed by atoms with Crippen LogP contribution in [0.5, 0.6) is 0 Å². The number of hydrogen-bond acceptors (Lipinski definition) is 5. The third-order valence-corrected chi connectivity index (χ3v) is 3.19. The van der Waals surface area contributed by atoms with E-state index in [1.165, 1.54) is 0 Å². The lowest BCUT2D eigenvalue weighted by Crippen LogP contribution is -2.34. The van der Waals surface area contributed by atoms with Gasteiger partial charge in [-0.3, -0.25) is 0 Å². The van der Waals surface area contributed by atoms with Crippen LogP contribution < -0.4 is 0 Å². The van der Waals surface area contributed by atoms with Gasteiger partial charge in [0.1, 0.15) is 11.4 Å². The second-order valence-corrected chi connectivity index (χ2v) is 16.6. The van der Waals surface area contributed by atoms with Crippen LogP contribution in [-0.4, -0.2) is 33.9 Å². The average Bonchev–Trinajstić information content (AvgIpc) is 2.08. The largest absolute Gasteiger partial charge is 0.543 e. The van der Waals surface area contributed by atoms with Gasteiger partial charge < -0.3 is 13.7 Å². The van der Waals surface area contributed by atoms with Crippen molar-refractivity contribution < 1.29 is 18.5 Å². The number of nitrogens with zero attached hydrogens (tertiary/aromatic N) is 1. The number of hydrogen-bond donors (Lipinski definition) is 0. The molecule has 0 bridgehead atoms. The smallest absolute Gasteiger partial charge is 0.364 e. The minimum atomic E-state index is -1.91. The van der Waals surface area contributed by atoms with Crippen LogP contribution in [0.4, 0.5) is 0 Å². The van der Waals surface area contributed by atoms with Crippen LogP contribution >= 0.6 is 0 Å². The number of oxime groups is 1. The summed E-state index contributed by atoms with van der Waals surface area (Å²) in [7, 11) is -3.80. The zero-order chi connectivity index (χ0) is 17.1. The highest BCUT2D eigenvalue weighted by atomic mass is 28.4. The van der Waals surface area contributed by atoms with Gasteiger partial charge >= 0.3 is 5.97 Å². The van der Waals surface area contributed by atoms with Crippen molar-refractivity contribution in [3.05, 3.63) is 12.3 Å². The summed E-state index contributed by atoms with van der Waals surface area (Å²) in [4.78, 5) is 12.3. The summed E-state index contributed by atoms with van der Waals surface area (Å²) in [6.45, 7) is 21.1. The molecule has 21 heavy (non-hydrogen) atoms. The fourth-order valence-electron chi connectivity index (χ4n) is 1.13. The van der Waals surface area contributed by atoms with Gasteiger partial charge in [0.25, 0.3) is 8.32 Å². The molecule has 0 aliphatic heterocycles. The van der Waals surface area contributed by atoms with Crippen molar-refractivity contribution in [3.63, 3.8) is 0 Å². The van der Waals surface area contributed by atoms with Crippen LogP contribution in [0.25, 0.3) is 0 Å². The maximum atomic E-state index is 12.3. The SMILES string of the molecule is C=C(O[Si](C)(C)C)/C(=N/O[Si](C)(C)C)C(=O)OC(C)(C)C. The molecule has 7 heteroatoms. The normalized spacial score (nSPS) is 13.7.